The predicted molar refractivity (Wildman–Crippen MR) is 87.1 cm³/mol. The van der Waals surface area contributed by atoms with Crippen LogP contribution in [0.1, 0.15) is 0 Å². The molecule has 0 fully saturated rings. The van der Waals surface area contributed by atoms with Crippen molar-refractivity contribution in [3.8, 4) is 11.5 Å². The number of pyridine rings is 1. The Kier molecular flexibility index (Phi) is 4.15. The molecule has 0 saturated heterocycles. The molecule has 0 aliphatic heterocycles. The van der Waals surface area contributed by atoms with E-state index in [1.54, 1.807) is 24.3 Å². The highest BCUT2D eigenvalue weighted by atomic mass is 16.6. The van der Waals surface area contributed by atoms with Crippen LogP contribution in [0, 0.1) is 10.1 Å². The Labute approximate surface area is 132 Å². The van der Waals surface area contributed by atoms with Crippen molar-refractivity contribution in [2.45, 2.75) is 0 Å². The average Bonchev–Trinajstić information content (AvgIpc) is 2.58. The largest absolute Gasteiger partial charge is 0.457 e. The van der Waals surface area contributed by atoms with Crippen molar-refractivity contribution in [2.75, 3.05) is 5.32 Å². The summed E-state index contributed by atoms with van der Waals surface area (Å²) in [6.07, 6.45) is 1.50. The fourth-order valence-electron chi connectivity index (χ4n) is 2.01. The van der Waals surface area contributed by atoms with Gasteiger partial charge in [0, 0.05) is 18.0 Å². The first-order valence-electron chi connectivity index (χ1n) is 6.92. The Morgan fingerprint density at radius 1 is 0.913 bits per heavy atom. The lowest BCUT2D eigenvalue weighted by Gasteiger charge is -2.08. The first-order valence-corrected chi connectivity index (χ1v) is 6.92. The van der Waals surface area contributed by atoms with Gasteiger partial charge in [0.2, 0.25) is 5.82 Å². The quantitative estimate of drug-likeness (QED) is 0.553. The van der Waals surface area contributed by atoms with Gasteiger partial charge < -0.3 is 10.1 Å². The maximum Gasteiger partial charge on any atom is 0.311 e. The lowest BCUT2D eigenvalue weighted by Crippen LogP contribution is -1.99. The maximum absolute atomic E-state index is 11.0. The average molecular weight is 307 g/mol. The number of rotatable bonds is 5. The van der Waals surface area contributed by atoms with Gasteiger partial charge in [-0.3, -0.25) is 10.1 Å². The maximum atomic E-state index is 11.0. The number of nitrogens with zero attached hydrogens (tertiary/aromatic N) is 2. The van der Waals surface area contributed by atoms with E-state index in [0.29, 0.717) is 11.4 Å². The number of benzene rings is 2. The van der Waals surface area contributed by atoms with Crippen molar-refractivity contribution in [2.24, 2.45) is 0 Å². The number of hydrogen-bond donors (Lipinski definition) is 1. The first kappa shape index (κ1) is 14.5. The fraction of sp³-hybridized carbons (Fsp3) is 0. The summed E-state index contributed by atoms with van der Waals surface area (Å²) in [7, 11) is 0. The molecule has 3 rings (SSSR count). The van der Waals surface area contributed by atoms with Crippen LogP contribution >= 0.6 is 0 Å². The molecule has 1 heterocycles. The molecule has 6 heteroatoms. The Hall–Kier alpha value is -3.41. The topological polar surface area (TPSA) is 77.3 Å². The Bertz CT molecular complexity index is 805. The fourth-order valence-corrected chi connectivity index (χ4v) is 2.01. The summed E-state index contributed by atoms with van der Waals surface area (Å²) in [5, 5.41) is 13.9. The molecule has 3 aromatic rings. The second-order valence-corrected chi connectivity index (χ2v) is 4.69. The molecular formula is C17H13N3O3. The SMILES string of the molecule is O=[N+]([O-])c1cccnc1Nc1ccc(Oc2ccccc2)cc1. The number of hydrogen-bond acceptors (Lipinski definition) is 5. The third-order valence-electron chi connectivity index (χ3n) is 3.08. The molecule has 2 aromatic carbocycles. The number of anilines is 2. The highest BCUT2D eigenvalue weighted by molar-refractivity contribution is 5.65. The van der Waals surface area contributed by atoms with Gasteiger partial charge in [0.15, 0.2) is 0 Å². The zero-order chi connectivity index (χ0) is 16.1. The van der Waals surface area contributed by atoms with Gasteiger partial charge >= 0.3 is 5.69 Å². The minimum Gasteiger partial charge on any atom is -0.457 e. The van der Waals surface area contributed by atoms with Crippen molar-refractivity contribution in [1.82, 2.24) is 4.98 Å². The minimum absolute atomic E-state index is 0.0721. The van der Waals surface area contributed by atoms with Crippen LogP contribution < -0.4 is 10.1 Å². The molecule has 1 aromatic heterocycles. The van der Waals surface area contributed by atoms with E-state index in [9.17, 15) is 10.1 Å². The summed E-state index contributed by atoms with van der Waals surface area (Å²) in [6, 6.07) is 19.5. The lowest BCUT2D eigenvalue weighted by atomic mass is 10.3. The summed E-state index contributed by atoms with van der Waals surface area (Å²) in [5.41, 5.74) is 0.615. The molecule has 0 aliphatic carbocycles. The smallest absolute Gasteiger partial charge is 0.311 e. The van der Waals surface area contributed by atoms with E-state index in [1.807, 2.05) is 30.3 Å². The second kappa shape index (κ2) is 6.57. The van der Waals surface area contributed by atoms with Gasteiger partial charge in [0.05, 0.1) is 4.92 Å². The molecule has 114 valence electrons. The normalized spacial score (nSPS) is 10.1. The van der Waals surface area contributed by atoms with Crippen LogP contribution in [0.5, 0.6) is 11.5 Å². The van der Waals surface area contributed by atoms with E-state index in [0.717, 1.165) is 5.75 Å². The molecule has 0 unspecified atom stereocenters. The Morgan fingerprint density at radius 3 is 2.30 bits per heavy atom. The summed E-state index contributed by atoms with van der Waals surface area (Å²) in [6.45, 7) is 0. The van der Waals surface area contributed by atoms with Crippen molar-refractivity contribution in [3.63, 3.8) is 0 Å². The van der Waals surface area contributed by atoms with Crippen molar-refractivity contribution in [1.29, 1.82) is 0 Å². The second-order valence-electron chi connectivity index (χ2n) is 4.69. The van der Waals surface area contributed by atoms with E-state index < -0.39 is 4.92 Å². The molecule has 23 heavy (non-hydrogen) atoms. The summed E-state index contributed by atoms with van der Waals surface area (Å²) >= 11 is 0. The lowest BCUT2D eigenvalue weighted by molar-refractivity contribution is -0.384. The van der Waals surface area contributed by atoms with E-state index in [2.05, 4.69) is 10.3 Å². The van der Waals surface area contributed by atoms with Crippen LogP contribution in [0.25, 0.3) is 0 Å². The zero-order valence-electron chi connectivity index (χ0n) is 12.0. The Morgan fingerprint density at radius 2 is 1.61 bits per heavy atom. The Balaban J connectivity index is 1.74. The van der Waals surface area contributed by atoms with Gasteiger partial charge in [-0.25, -0.2) is 4.98 Å². The minimum atomic E-state index is -0.470. The molecule has 0 bridgehead atoms. The van der Waals surface area contributed by atoms with E-state index in [-0.39, 0.29) is 11.5 Å². The number of aromatic nitrogens is 1. The standard InChI is InChI=1S/C17H13N3O3/c21-20(22)16-7-4-12-18-17(16)19-13-8-10-15(11-9-13)23-14-5-2-1-3-6-14/h1-12H,(H,18,19). The van der Waals surface area contributed by atoms with Crippen molar-refractivity contribution >= 4 is 17.2 Å². The van der Waals surface area contributed by atoms with Gasteiger partial charge in [-0.2, -0.15) is 0 Å². The predicted octanol–water partition coefficient (Wildman–Crippen LogP) is 4.53. The highest BCUT2D eigenvalue weighted by Crippen LogP contribution is 2.27. The van der Waals surface area contributed by atoms with E-state index >= 15 is 0 Å². The molecular weight excluding hydrogens is 294 g/mol. The zero-order valence-corrected chi connectivity index (χ0v) is 12.0. The third kappa shape index (κ3) is 3.62. The van der Waals surface area contributed by atoms with E-state index in [4.69, 9.17) is 4.74 Å². The number of ether oxygens (including phenoxy) is 1. The van der Waals surface area contributed by atoms with Gasteiger partial charge in [-0.1, -0.05) is 18.2 Å². The van der Waals surface area contributed by atoms with Crippen LogP contribution in [0.3, 0.4) is 0 Å². The molecule has 0 aliphatic rings. The van der Waals surface area contributed by atoms with Gasteiger partial charge in [0.25, 0.3) is 0 Å². The number of nitro groups is 1. The molecule has 1 N–H and O–H groups in total. The van der Waals surface area contributed by atoms with Crippen molar-refractivity contribution in [3.05, 3.63) is 83.0 Å². The summed E-state index contributed by atoms with van der Waals surface area (Å²) in [4.78, 5) is 14.5. The number of para-hydroxylation sites is 1. The molecule has 0 atom stereocenters. The van der Waals surface area contributed by atoms with Gasteiger partial charge in [-0.05, 0) is 42.5 Å². The molecule has 0 radical (unpaired) electrons. The van der Waals surface area contributed by atoms with Crippen LogP contribution in [0.4, 0.5) is 17.2 Å². The highest BCUT2D eigenvalue weighted by Gasteiger charge is 2.13. The first-order chi connectivity index (χ1) is 11.2. The summed E-state index contributed by atoms with van der Waals surface area (Å²) in [5.74, 6) is 1.63. The van der Waals surface area contributed by atoms with Crippen LogP contribution in [0.2, 0.25) is 0 Å². The van der Waals surface area contributed by atoms with Crippen LogP contribution in [0.15, 0.2) is 72.9 Å². The molecule has 6 nitrogen and oxygen atoms in total. The molecule has 0 spiro atoms. The molecule has 0 saturated carbocycles. The molecule has 0 amide bonds. The number of nitrogens with one attached hydrogen (secondary N) is 1. The van der Waals surface area contributed by atoms with Crippen molar-refractivity contribution < 1.29 is 9.66 Å². The van der Waals surface area contributed by atoms with Gasteiger partial charge in [0.1, 0.15) is 11.5 Å². The van der Waals surface area contributed by atoms with Crippen LogP contribution in [-0.2, 0) is 0 Å². The van der Waals surface area contributed by atoms with Gasteiger partial charge in [-0.15, -0.1) is 0 Å². The van der Waals surface area contributed by atoms with E-state index in [1.165, 1.54) is 18.3 Å². The third-order valence-corrected chi connectivity index (χ3v) is 3.08. The summed E-state index contributed by atoms with van der Waals surface area (Å²) < 4.78 is 5.69. The monoisotopic (exact) mass is 307 g/mol. The van der Waals surface area contributed by atoms with Crippen LogP contribution in [-0.4, -0.2) is 9.91 Å².